The number of rotatable bonds is 15. The number of ether oxygens (including phenoxy) is 1. The third kappa shape index (κ3) is 7.92. The summed E-state index contributed by atoms with van der Waals surface area (Å²) in [6.45, 7) is 14.6. The first-order valence-electron chi connectivity index (χ1n) is 11.3. The average Bonchev–Trinajstić information content (AvgIpc) is 2.69. The van der Waals surface area contributed by atoms with Crippen molar-refractivity contribution in [3.8, 4) is 0 Å². The fraction of sp³-hybridized carbons (Fsp3) is 0.708. The number of nitrogens with one attached hydrogen (secondary N) is 1. The molecular weight excluding hydrogens is 348 g/mol. The van der Waals surface area contributed by atoms with Gasteiger partial charge in [-0.25, -0.2) is 4.79 Å². The first-order valence-corrected chi connectivity index (χ1v) is 11.3. The molecule has 0 heterocycles. The highest BCUT2D eigenvalue weighted by Gasteiger charge is 2.34. The third-order valence-corrected chi connectivity index (χ3v) is 5.47. The molecule has 1 rings (SSSR count). The van der Waals surface area contributed by atoms with Gasteiger partial charge in [0, 0.05) is 13.1 Å². The number of benzene rings is 1. The molecule has 0 amide bonds. The molecule has 0 saturated heterocycles. The zero-order chi connectivity index (χ0) is 20.8. The van der Waals surface area contributed by atoms with E-state index in [-0.39, 0.29) is 11.6 Å². The van der Waals surface area contributed by atoms with Gasteiger partial charge in [0.2, 0.25) is 0 Å². The minimum atomic E-state index is -0.415. The van der Waals surface area contributed by atoms with Crippen molar-refractivity contribution in [2.45, 2.75) is 84.8 Å². The van der Waals surface area contributed by atoms with Crippen LogP contribution in [0.15, 0.2) is 30.3 Å². The van der Waals surface area contributed by atoms with E-state index in [4.69, 9.17) is 4.74 Å². The number of hydrogen-bond donors (Lipinski definition) is 1. The maximum Gasteiger partial charge on any atom is 0.328 e. The van der Waals surface area contributed by atoms with Gasteiger partial charge in [0.05, 0.1) is 0 Å². The van der Waals surface area contributed by atoms with Crippen LogP contribution in [0, 0.1) is 0 Å². The molecule has 1 unspecified atom stereocenters. The molecule has 0 spiro atoms. The van der Waals surface area contributed by atoms with Gasteiger partial charge < -0.3 is 9.64 Å². The second-order valence-corrected chi connectivity index (χ2v) is 7.68. The van der Waals surface area contributed by atoms with Gasteiger partial charge in [-0.3, -0.25) is 5.32 Å². The minimum Gasteiger partial charge on any atom is -0.458 e. The summed E-state index contributed by atoms with van der Waals surface area (Å²) in [5.74, 6) is -0.138. The van der Waals surface area contributed by atoms with Crippen LogP contribution in [0.2, 0.25) is 0 Å². The molecule has 0 saturated carbocycles. The van der Waals surface area contributed by atoms with Crippen LogP contribution in [-0.4, -0.2) is 42.6 Å². The van der Waals surface area contributed by atoms with Crippen molar-refractivity contribution in [3.63, 3.8) is 0 Å². The van der Waals surface area contributed by atoms with Crippen LogP contribution in [0.4, 0.5) is 0 Å². The van der Waals surface area contributed by atoms with Crippen molar-refractivity contribution in [3.05, 3.63) is 35.9 Å². The average molecular weight is 391 g/mol. The van der Waals surface area contributed by atoms with Crippen LogP contribution < -0.4 is 5.32 Å². The van der Waals surface area contributed by atoms with E-state index in [0.29, 0.717) is 0 Å². The predicted molar refractivity (Wildman–Crippen MR) is 119 cm³/mol. The molecule has 0 bridgehead atoms. The highest BCUT2D eigenvalue weighted by Crippen LogP contribution is 2.31. The first-order chi connectivity index (χ1) is 13.6. The van der Waals surface area contributed by atoms with Crippen LogP contribution in [0.5, 0.6) is 0 Å². The summed E-state index contributed by atoms with van der Waals surface area (Å²) in [4.78, 5) is 15.7. The topological polar surface area (TPSA) is 41.6 Å². The molecule has 0 aliphatic carbocycles. The Bertz CT molecular complexity index is 512. The minimum absolute atomic E-state index is 0.138. The Morgan fingerprint density at radius 3 is 1.96 bits per heavy atom. The second-order valence-electron chi connectivity index (χ2n) is 7.68. The first kappa shape index (κ1) is 24.6. The molecule has 1 atom stereocenters. The SMILES string of the molecule is CCCC(CCC)(CCC)OC(=O)C(NCCN(CC)CC)c1ccccc1. The van der Waals surface area contributed by atoms with Crippen molar-refractivity contribution >= 4 is 5.97 Å². The molecule has 4 nitrogen and oxygen atoms in total. The fourth-order valence-electron chi connectivity index (χ4n) is 4.06. The molecule has 0 aliphatic rings. The number of hydrogen-bond acceptors (Lipinski definition) is 4. The molecule has 160 valence electrons. The molecule has 0 aliphatic heterocycles. The molecule has 0 aromatic heterocycles. The summed E-state index contributed by atoms with van der Waals surface area (Å²) in [5, 5.41) is 3.47. The molecule has 0 radical (unpaired) electrons. The number of carbonyl (C=O) groups is 1. The monoisotopic (exact) mass is 390 g/mol. The Balaban J connectivity index is 2.96. The van der Waals surface area contributed by atoms with Gasteiger partial charge in [0.1, 0.15) is 11.6 Å². The molecule has 4 heteroatoms. The zero-order valence-corrected chi connectivity index (χ0v) is 18.8. The molecule has 1 aromatic rings. The lowest BCUT2D eigenvalue weighted by atomic mass is 9.87. The molecule has 0 fully saturated rings. The Labute approximate surface area is 173 Å². The van der Waals surface area contributed by atoms with Crippen molar-refractivity contribution in [1.82, 2.24) is 10.2 Å². The van der Waals surface area contributed by atoms with Crippen LogP contribution in [-0.2, 0) is 9.53 Å². The van der Waals surface area contributed by atoms with E-state index < -0.39 is 6.04 Å². The summed E-state index contributed by atoms with van der Waals surface area (Å²) < 4.78 is 6.27. The predicted octanol–water partition coefficient (Wildman–Crippen LogP) is 5.34. The quantitative estimate of drug-likeness (QED) is 0.410. The Morgan fingerprint density at radius 2 is 1.50 bits per heavy atom. The van der Waals surface area contributed by atoms with Crippen LogP contribution >= 0.6 is 0 Å². The van der Waals surface area contributed by atoms with Gasteiger partial charge in [0.25, 0.3) is 0 Å². The molecule has 1 N–H and O–H groups in total. The number of nitrogens with zero attached hydrogens (tertiary/aromatic N) is 1. The van der Waals surface area contributed by atoms with Gasteiger partial charge in [0.15, 0.2) is 0 Å². The maximum atomic E-state index is 13.3. The van der Waals surface area contributed by atoms with Crippen LogP contribution in [0.3, 0.4) is 0 Å². The number of carbonyl (C=O) groups excluding carboxylic acids is 1. The summed E-state index contributed by atoms with van der Waals surface area (Å²) >= 11 is 0. The van der Waals surface area contributed by atoms with E-state index >= 15 is 0 Å². The van der Waals surface area contributed by atoms with Crippen LogP contribution in [0.25, 0.3) is 0 Å². The lowest BCUT2D eigenvalue weighted by Crippen LogP contribution is -2.42. The second kappa shape index (κ2) is 13.7. The summed E-state index contributed by atoms with van der Waals surface area (Å²) in [7, 11) is 0. The normalized spacial score (nSPS) is 12.9. The van der Waals surface area contributed by atoms with Crippen molar-refractivity contribution in [2.75, 3.05) is 26.2 Å². The van der Waals surface area contributed by atoms with E-state index in [1.54, 1.807) is 0 Å². The Kier molecular flexibility index (Phi) is 12.1. The standard InChI is InChI=1S/C24H42N2O2/c1-6-16-24(17-7-2,18-8-3)28-23(27)22(21-14-12-11-13-15-21)25-19-20-26(9-4)10-5/h11-15,22,25H,6-10,16-20H2,1-5H3. The highest BCUT2D eigenvalue weighted by molar-refractivity contribution is 5.78. The van der Waals surface area contributed by atoms with E-state index in [1.165, 1.54) is 0 Å². The third-order valence-electron chi connectivity index (χ3n) is 5.47. The van der Waals surface area contributed by atoms with Crippen LogP contribution in [0.1, 0.15) is 84.7 Å². The molecule has 1 aromatic carbocycles. The summed E-state index contributed by atoms with van der Waals surface area (Å²) in [6.07, 6.45) is 5.88. The molecule has 28 heavy (non-hydrogen) atoms. The van der Waals surface area contributed by atoms with Gasteiger partial charge in [-0.1, -0.05) is 84.2 Å². The number of esters is 1. The number of likely N-dealkylation sites (N-methyl/N-ethyl adjacent to an activating group) is 1. The van der Waals surface area contributed by atoms with Crippen molar-refractivity contribution in [1.29, 1.82) is 0 Å². The summed E-state index contributed by atoms with van der Waals surface area (Å²) in [5.41, 5.74) is 0.647. The van der Waals surface area contributed by atoms with E-state index in [2.05, 4.69) is 44.8 Å². The largest absolute Gasteiger partial charge is 0.458 e. The van der Waals surface area contributed by atoms with E-state index in [9.17, 15) is 4.79 Å². The van der Waals surface area contributed by atoms with E-state index in [1.807, 2.05) is 30.3 Å². The van der Waals surface area contributed by atoms with Gasteiger partial charge >= 0.3 is 5.97 Å². The lowest BCUT2D eigenvalue weighted by molar-refractivity contribution is -0.165. The van der Waals surface area contributed by atoms with E-state index in [0.717, 1.165) is 70.3 Å². The summed E-state index contributed by atoms with van der Waals surface area (Å²) in [6, 6.07) is 9.56. The van der Waals surface area contributed by atoms with Crippen molar-refractivity contribution in [2.24, 2.45) is 0 Å². The fourth-order valence-corrected chi connectivity index (χ4v) is 4.06. The Hall–Kier alpha value is -1.39. The maximum absolute atomic E-state index is 13.3. The van der Waals surface area contributed by atoms with Gasteiger partial charge in [-0.05, 0) is 37.9 Å². The Morgan fingerprint density at radius 1 is 0.964 bits per heavy atom. The van der Waals surface area contributed by atoms with Gasteiger partial charge in [-0.15, -0.1) is 0 Å². The van der Waals surface area contributed by atoms with Gasteiger partial charge in [-0.2, -0.15) is 0 Å². The lowest BCUT2D eigenvalue weighted by Gasteiger charge is -2.35. The van der Waals surface area contributed by atoms with Crippen molar-refractivity contribution < 1.29 is 9.53 Å². The smallest absolute Gasteiger partial charge is 0.328 e. The highest BCUT2D eigenvalue weighted by atomic mass is 16.6. The molecular formula is C24H42N2O2. The zero-order valence-electron chi connectivity index (χ0n) is 18.8.